The van der Waals surface area contributed by atoms with E-state index >= 15 is 0 Å². The smallest absolute Gasteiger partial charge is 0.326 e. The van der Waals surface area contributed by atoms with Crippen LogP contribution in [0.2, 0.25) is 0 Å². The van der Waals surface area contributed by atoms with Crippen molar-refractivity contribution in [2.45, 2.75) is 51.2 Å². The van der Waals surface area contributed by atoms with Gasteiger partial charge in [0.25, 0.3) is 0 Å². The van der Waals surface area contributed by atoms with E-state index in [1.54, 1.807) is 0 Å². The molecule has 0 bridgehead atoms. The molecule has 1 aliphatic carbocycles. The van der Waals surface area contributed by atoms with Crippen molar-refractivity contribution >= 4 is 12.0 Å². The fraction of sp³-hybridized carbons (Fsp3) is 0.846. The van der Waals surface area contributed by atoms with E-state index in [-0.39, 0.29) is 24.4 Å². The fourth-order valence-corrected chi connectivity index (χ4v) is 2.97. The van der Waals surface area contributed by atoms with Gasteiger partial charge in [0.1, 0.15) is 6.04 Å². The molecule has 0 aromatic carbocycles. The van der Waals surface area contributed by atoms with Crippen LogP contribution >= 0.6 is 0 Å². The molecule has 1 aliphatic heterocycles. The second-order valence-electron chi connectivity index (χ2n) is 5.76. The SMILES string of the molecule is CCC1(CNC(=O)N2CC(O)CC2C(=O)O)CCC1. The van der Waals surface area contributed by atoms with Crippen LogP contribution in [0.5, 0.6) is 0 Å². The Bertz CT molecular complexity index is 362. The number of urea groups is 1. The predicted molar refractivity (Wildman–Crippen MR) is 68.7 cm³/mol. The van der Waals surface area contributed by atoms with Crippen molar-refractivity contribution in [2.75, 3.05) is 13.1 Å². The number of rotatable bonds is 4. The monoisotopic (exact) mass is 270 g/mol. The van der Waals surface area contributed by atoms with E-state index in [1.165, 1.54) is 11.3 Å². The van der Waals surface area contributed by atoms with Crippen LogP contribution in [0.4, 0.5) is 4.79 Å². The predicted octanol–water partition coefficient (Wildman–Crippen LogP) is 0.796. The molecule has 2 atom stereocenters. The van der Waals surface area contributed by atoms with Crippen molar-refractivity contribution < 1.29 is 19.8 Å². The van der Waals surface area contributed by atoms with E-state index in [4.69, 9.17) is 5.11 Å². The number of aliphatic hydroxyl groups is 1. The van der Waals surface area contributed by atoms with Crippen molar-refractivity contribution in [1.29, 1.82) is 0 Å². The molecule has 2 rings (SSSR count). The summed E-state index contributed by atoms with van der Waals surface area (Å²) in [5.74, 6) is -1.06. The molecule has 1 saturated heterocycles. The molecule has 2 aliphatic rings. The number of β-amino-alcohol motifs (C(OH)–C–C–N with tert-alkyl or cyclic N) is 1. The molecular weight excluding hydrogens is 248 g/mol. The quantitative estimate of drug-likeness (QED) is 0.704. The van der Waals surface area contributed by atoms with Gasteiger partial charge in [-0.05, 0) is 24.7 Å². The lowest BCUT2D eigenvalue weighted by atomic mass is 9.67. The van der Waals surface area contributed by atoms with Gasteiger partial charge in [0, 0.05) is 19.5 Å². The number of aliphatic carboxylic acids is 1. The van der Waals surface area contributed by atoms with Crippen LogP contribution < -0.4 is 5.32 Å². The van der Waals surface area contributed by atoms with Crippen LogP contribution in [0.3, 0.4) is 0 Å². The lowest BCUT2D eigenvalue weighted by Gasteiger charge is -2.41. The first kappa shape index (κ1) is 14.1. The van der Waals surface area contributed by atoms with Gasteiger partial charge in [0.15, 0.2) is 0 Å². The molecule has 0 aromatic heterocycles. The summed E-state index contributed by atoms with van der Waals surface area (Å²) >= 11 is 0. The molecular formula is C13H22N2O4. The topological polar surface area (TPSA) is 89.9 Å². The summed E-state index contributed by atoms with van der Waals surface area (Å²) in [6, 6.07) is -1.28. The Hall–Kier alpha value is -1.30. The summed E-state index contributed by atoms with van der Waals surface area (Å²) in [5, 5.41) is 21.4. The van der Waals surface area contributed by atoms with Crippen molar-refractivity contribution in [3.63, 3.8) is 0 Å². The van der Waals surface area contributed by atoms with E-state index in [1.807, 2.05) is 0 Å². The van der Waals surface area contributed by atoms with E-state index < -0.39 is 18.1 Å². The van der Waals surface area contributed by atoms with Crippen molar-refractivity contribution in [1.82, 2.24) is 10.2 Å². The van der Waals surface area contributed by atoms with Gasteiger partial charge in [-0.3, -0.25) is 0 Å². The highest BCUT2D eigenvalue weighted by atomic mass is 16.4. The Morgan fingerprint density at radius 2 is 2.11 bits per heavy atom. The first-order valence-corrected chi connectivity index (χ1v) is 6.93. The summed E-state index contributed by atoms with van der Waals surface area (Å²) in [7, 11) is 0. The maximum absolute atomic E-state index is 12.0. The number of carboxylic acid groups (broad SMARTS) is 1. The zero-order valence-corrected chi connectivity index (χ0v) is 11.3. The number of nitrogens with zero attached hydrogens (tertiary/aromatic N) is 1. The molecule has 1 heterocycles. The number of nitrogens with one attached hydrogen (secondary N) is 1. The Morgan fingerprint density at radius 3 is 2.58 bits per heavy atom. The van der Waals surface area contributed by atoms with Crippen LogP contribution in [0.25, 0.3) is 0 Å². The molecule has 0 aromatic rings. The molecule has 6 nitrogen and oxygen atoms in total. The minimum atomic E-state index is -1.06. The van der Waals surface area contributed by atoms with Crippen LogP contribution in [0, 0.1) is 5.41 Å². The normalized spacial score (nSPS) is 28.8. The average Bonchev–Trinajstić information content (AvgIpc) is 2.70. The summed E-state index contributed by atoms with van der Waals surface area (Å²) < 4.78 is 0. The summed E-state index contributed by atoms with van der Waals surface area (Å²) in [6.45, 7) is 2.81. The van der Waals surface area contributed by atoms with Crippen LogP contribution in [0.1, 0.15) is 39.0 Å². The highest BCUT2D eigenvalue weighted by molar-refractivity contribution is 5.83. The van der Waals surface area contributed by atoms with Gasteiger partial charge < -0.3 is 20.4 Å². The zero-order valence-electron chi connectivity index (χ0n) is 11.3. The number of carboxylic acids is 1. The second-order valence-corrected chi connectivity index (χ2v) is 5.76. The number of amides is 2. The standard InChI is InChI=1S/C13H22N2O4/c1-2-13(4-3-5-13)8-14-12(19)15-7-9(16)6-10(15)11(17)18/h9-10,16H,2-8H2,1H3,(H,14,19)(H,17,18). The maximum Gasteiger partial charge on any atom is 0.326 e. The van der Waals surface area contributed by atoms with Crippen molar-refractivity contribution in [3.8, 4) is 0 Å². The molecule has 108 valence electrons. The third-order valence-corrected chi connectivity index (χ3v) is 4.60. The van der Waals surface area contributed by atoms with Gasteiger partial charge in [0.2, 0.25) is 0 Å². The summed E-state index contributed by atoms with van der Waals surface area (Å²) in [5.41, 5.74) is 0.201. The lowest BCUT2D eigenvalue weighted by Crippen LogP contribution is -2.50. The third kappa shape index (κ3) is 2.83. The van der Waals surface area contributed by atoms with E-state index in [2.05, 4.69) is 12.2 Å². The van der Waals surface area contributed by atoms with Crippen molar-refractivity contribution in [3.05, 3.63) is 0 Å². The van der Waals surface area contributed by atoms with E-state index in [0.29, 0.717) is 6.54 Å². The molecule has 1 saturated carbocycles. The Labute approximate surface area is 112 Å². The highest BCUT2D eigenvalue weighted by Gasteiger charge is 2.40. The summed E-state index contributed by atoms with van der Waals surface area (Å²) in [4.78, 5) is 24.3. The Morgan fingerprint density at radius 1 is 1.42 bits per heavy atom. The van der Waals surface area contributed by atoms with E-state index in [9.17, 15) is 14.7 Å². The minimum Gasteiger partial charge on any atom is -0.480 e. The molecule has 2 unspecified atom stereocenters. The maximum atomic E-state index is 12.0. The molecule has 0 radical (unpaired) electrons. The third-order valence-electron chi connectivity index (χ3n) is 4.60. The highest BCUT2D eigenvalue weighted by Crippen LogP contribution is 2.43. The molecule has 2 fully saturated rings. The molecule has 2 amide bonds. The average molecular weight is 270 g/mol. The van der Waals surface area contributed by atoms with Gasteiger partial charge >= 0.3 is 12.0 Å². The molecule has 6 heteroatoms. The second kappa shape index (κ2) is 5.36. The number of likely N-dealkylation sites (tertiary alicyclic amines) is 1. The molecule has 3 N–H and O–H groups in total. The first-order chi connectivity index (χ1) is 8.97. The Kier molecular flexibility index (Phi) is 3.99. The van der Waals surface area contributed by atoms with E-state index in [0.717, 1.165) is 19.3 Å². The number of carbonyl (C=O) groups is 2. The van der Waals surface area contributed by atoms with Crippen LogP contribution in [-0.4, -0.2) is 52.3 Å². The van der Waals surface area contributed by atoms with Gasteiger partial charge in [-0.2, -0.15) is 0 Å². The van der Waals surface area contributed by atoms with Gasteiger partial charge in [0.05, 0.1) is 6.10 Å². The van der Waals surface area contributed by atoms with Gasteiger partial charge in [-0.25, -0.2) is 9.59 Å². The van der Waals surface area contributed by atoms with Crippen LogP contribution in [0.15, 0.2) is 0 Å². The van der Waals surface area contributed by atoms with Gasteiger partial charge in [-0.15, -0.1) is 0 Å². The number of carbonyl (C=O) groups excluding carboxylic acids is 1. The number of aliphatic hydroxyl groups excluding tert-OH is 1. The lowest BCUT2D eigenvalue weighted by molar-refractivity contribution is -0.141. The molecule has 19 heavy (non-hydrogen) atoms. The Balaban J connectivity index is 1.90. The first-order valence-electron chi connectivity index (χ1n) is 6.93. The number of hydrogen-bond donors (Lipinski definition) is 3. The van der Waals surface area contributed by atoms with Crippen molar-refractivity contribution in [2.24, 2.45) is 5.41 Å². The summed E-state index contributed by atoms with van der Waals surface area (Å²) in [6.07, 6.45) is 3.84. The fourth-order valence-electron chi connectivity index (χ4n) is 2.97. The van der Waals surface area contributed by atoms with Crippen LogP contribution in [-0.2, 0) is 4.79 Å². The molecule has 0 spiro atoms. The minimum absolute atomic E-state index is 0.0991. The zero-order chi connectivity index (χ0) is 14.0. The number of hydrogen-bond acceptors (Lipinski definition) is 3. The largest absolute Gasteiger partial charge is 0.480 e. The van der Waals surface area contributed by atoms with Gasteiger partial charge in [-0.1, -0.05) is 13.3 Å².